The number of anilines is 2. The second-order valence-corrected chi connectivity index (χ2v) is 14.1. The fourth-order valence-corrected chi connectivity index (χ4v) is 6.66. The van der Waals surface area contributed by atoms with Crippen LogP contribution in [0.3, 0.4) is 0 Å². The van der Waals surface area contributed by atoms with E-state index in [4.69, 9.17) is 34.5 Å². The minimum absolute atomic E-state index is 0.00599. The van der Waals surface area contributed by atoms with Gasteiger partial charge in [0.2, 0.25) is 5.95 Å². The SMILES string of the molecule is Nc1nc2c(ncn2[C@@H]2O[C@H](COP(=O)(O)S)CC2OP(=O)(O)OC[C@@H]2CC[C@H](n3cc(F)c4c(N)ncnc43)O2)c(=O)[nH]1. The molecule has 0 aliphatic carbocycles. The summed E-state index contributed by atoms with van der Waals surface area (Å²) >= 11 is 3.47. The Morgan fingerprint density at radius 3 is 2.64 bits per heavy atom. The fraction of sp³-hybridized carbons (Fsp3) is 0.476. The first-order chi connectivity index (χ1) is 20.8. The summed E-state index contributed by atoms with van der Waals surface area (Å²) in [6.07, 6.45) is -0.331. The molecule has 2 aliphatic heterocycles. The van der Waals surface area contributed by atoms with Gasteiger partial charge in [-0.2, -0.15) is 4.98 Å². The first-order valence-corrected chi connectivity index (χ1v) is 17.2. The molecule has 238 valence electrons. The van der Waals surface area contributed by atoms with Crippen molar-refractivity contribution in [2.45, 2.75) is 50.0 Å². The lowest BCUT2D eigenvalue weighted by molar-refractivity contribution is -0.0517. The molecule has 19 nitrogen and oxygen atoms in total. The predicted octanol–water partition coefficient (Wildman–Crippen LogP) is 1.38. The van der Waals surface area contributed by atoms with Gasteiger partial charge in [-0.3, -0.25) is 27.9 Å². The Bertz CT molecular complexity index is 1870. The molecule has 2 aliphatic rings. The van der Waals surface area contributed by atoms with E-state index in [1.807, 2.05) is 0 Å². The van der Waals surface area contributed by atoms with Crippen LogP contribution in [0.25, 0.3) is 22.2 Å². The number of hydrogen-bond acceptors (Lipinski definition) is 14. The quantitative estimate of drug-likeness (QED) is 0.102. The third-order valence-corrected chi connectivity index (χ3v) is 8.82. The summed E-state index contributed by atoms with van der Waals surface area (Å²) in [6, 6.07) is 0. The van der Waals surface area contributed by atoms with E-state index in [0.717, 1.165) is 0 Å². The Hall–Kier alpha value is -2.97. The number of phosphoric ester groups is 1. The van der Waals surface area contributed by atoms with Gasteiger partial charge in [-0.1, -0.05) is 12.2 Å². The van der Waals surface area contributed by atoms with Gasteiger partial charge >= 0.3 is 14.6 Å². The minimum Gasteiger partial charge on any atom is -0.383 e. The summed E-state index contributed by atoms with van der Waals surface area (Å²) in [5.41, 5.74) is 11.0. The van der Waals surface area contributed by atoms with Crippen molar-refractivity contribution in [3.05, 3.63) is 35.0 Å². The molecule has 0 radical (unpaired) electrons. The van der Waals surface area contributed by atoms with Crippen molar-refractivity contribution in [3.8, 4) is 0 Å². The van der Waals surface area contributed by atoms with Crippen molar-refractivity contribution < 1.29 is 46.4 Å². The van der Waals surface area contributed by atoms with Gasteiger partial charge in [0.25, 0.3) is 5.56 Å². The topological polar surface area (TPSA) is 267 Å². The average molecular weight is 678 g/mol. The average Bonchev–Trinajstić information content (AvgIpc) is 3.71. The molecule has 7 atom stereocenters. The molecule has 0 spiro atoms. The largest absolute Gasteiger partial charge is 0.472 e. The Morgan fingerprint density at radius 1 is 1.09 bits per heavy atom. The van der Waals surface area contributed by atoms with Gasteiger partial charge in [0, 0.05) is 12.6 Å². The zero-order chi connectivity index (χ0) is 31.4. The highest BCUT2D eigenvalue weighted by molar-refractivity contribution is 8.44. The number of nitrogens with one attached hydrogen (secondary N) is 1. The maximum atomic E-state index is 14.5. The monoisotopic (exact) mass is 677 g/mol. The highest BCUT2D eigenvalue weighted by Gasteiger charge is 2.44. The summed E-state index contributed by atoms with van der Waals surface area (Å²) in [7, 11) is -4.79. The Balaban J connectivity index is 1.15. The van der Waals surface area contributed by atoms with Crippen LogP contribution < -0.4 is 17.0 Å². The van der Waals surface area contributed by atoms with E-state index in [9.17, 15) is 28.1 Å². The number of nitrogen functional groups attached to an aromatic ring is 2. The number of hydrogen-bond donors (Lipinski definition) is 6. The number of nitrogens with two attached hydrogens (primary N) is 2. The number of fused-ring (bicyclic) bond motifs is 2. The number of rotatable bonds is 10. The second-order valence-electron chi connectivity index (χ2n) is 9.99. The van der Waals surface area contributed by atoms with Crippen LogP contribution >= 0.6 is 26.9 Å². The smallest absolute Gasteiger partial charge is 0.383 e. The van der Waals surface area contributed by atoms with Crippen molar-refractivity contribution in [1.29, 1.82) is 0 Å². The van der Waals surface area contributed by atoms with E-state index >= 15 is 0 Å². The van der Waals surface area contributed by atoms with Crippen LogP contribution in [0.4, 0.5) is 16.2 Å². The molecule has 23 heteroatoms. The lowest BCUT2D eigenvalue weighted by atomic mass is 10.2. The van der Waals surface area contributed by atoms with Crippen LogP contribution in [0.15, 0.2) is 23.6 Å². The zero-order valence-electron chi connectivity index (χ0n) is 22.4. The summed E-state index contributed by atoms with van der Waals surface area (Å²) < 4.78 is 69.2. The lowest BCUT2D eigenvalue weighted by Crippen LogP contribution is -2.24. The van der Waals surface area contributed by atoms with Crippen LogP contribution in [0.5, 0.6) is 0 Å². The number of halogens is 1. The molecular weight excluding hydrogens is 651 g/mol. The first-order valence-electron chi connectivity index (χ1n) is 12.9. The number of phosphoric acid groups is 1. The van der Waals surface area contributed by atoms with Crippen LogP contribution in [0, 0.1) is 5.82 Å². The number of thiol groups is 1. The summed E-state index contributed by atoms with van der Waals surface area (Å²) in [4.78, 5) is 50.6. The van der Waals surface area contributed by atoms with Gasteiger partial charge in [-0.25, -0.2) is 28.5 Å². The predicted molar refractivity (Wildman–Crippen MR) is 152 cm³/mol. The first kappa shape index (κ1) is 31.0. The van der Waals surface area contributed by atoms with E-state index in [-0.39, 0.29) is 47.0 Å². The molecule has 4 aromatic heterocycles. The molecule has 0 bridgehead atoms. The molecule has 44 heavy (non-hydrogen) atoms. The van der Waals surface area contributed by atoms with Gasteiger partial charge in [0.1, 0.15) is 24.5 Å². The number of ether oxygens (including phenoxy) is 2. The molecule has 6 rings (SSSR count). The molecular formula is C21H26FN9O10P2S. The summed E-state index contributed by atoms with van der Waals surface area (Å²) in [5.74, 6) is -0.847. The molecule has 4 aromatic rings. The Labute approximate surface area is 251 Å². The molecule has 3 unspecified atom stereocenters. The number of aromatic nitrogens is 7. The number of aromatic amines is 1. The maximum Gasteiger partial charge on any atom is 0.472 e. The Morgan fingerprint density at radius 2 is 1.86 bits per heavy atom. The normalized spacial score (nSPS) is 26.8. The van der Waals surface area contributed by atoms with Gasteiger partial charge in [-0.15, -0.1) is 0 Å². The minimum atomic E-state index is -4.79. The molecule has 2 fully saturated rings. The van der Waals surface area contributed by atoms with E-state index in [0.29, 0.717) is 12.8 Å². The van der Waals surface area contributed by atoms with Crippen molar-refractivity contribution in [2.24, 2.45) is 0 Å². The van der Waals surface area contributed by atoms with Crippen molar-refractivity contribution in [2.75, 3.05) is 24.7 Å². The zero-order valence-corrected chi connectivity index (χ0v) is 25.1. The van der Waals surface area contributed by atoms with Crippen LogP contribution in [0.2, 0.25) is 0 Å². The van der Waals surface area contributed by atoms with Crippen LogP contribution in [0.1, 0.15) is 31.7 Å². The fourth-order valence-electron chi connectivity index (χ4n) is 5.15. The van der Waals surface area contributed by atoms with Crippen molar-refractivity contribution in [1.82, 2.24) is 34.1 Å². The van der Waals surface area contributed by atoms with E-state index in [1.165, 1.54) is 28.0 Å². The third-order valence-electron chi connectivity index (χ3n) is 6.98. The van der Waals surface area contributed by atoms with Gasteiger partial charge in [0.05, 0.1) is 37.1 Å². The second kappa shape index (κ2) is 11.8. The summed E-state index contributed by atoms with van der Waals surface area (Å²) in [5, 5.41) is 0.0606. The molecule has 0 aromatic carbocycles. The van der Waals surface area contributed by atoms with Crippen molar-refractivity contribution in [3.63, 3.8) is 0 Å². The highest BCUT2D eigenvalue weighted by atomic mass is 32.7. The Kier molecular flexibility index (Phi) is 8.29. The number of H-pyrrole nitrogens is 1. The maximum absolute atomic E-state index is 14.5. The van der Waals surface area contributed by atoms with E-state index in [1.54, 1.807) is 0 Å². The molecule has 7 N–H and O–H groups in total. The highest BCUT2D eigenvalue weighted by Crippen LogP contribution is 2.51. The lowest BCUT2D eigenvalue weighted by Gasteiger charge is -2.23. The van der Waals surface area contributed by atoms with E-state index < -0.39 is 63.4 Å². The van der Waals surface area contributed by atoms with Crippen LogP contribution in [-0.4, -0.2) is 75.4 Å². The van der Waals surface area contributed by atoms with Crippen LogP contribution in [-0.2, 0) is 32.2 Å². The standard InChI is InChI=1S/C21H26FN9O10P2S/c22-11-4-30(17-14(11)16(23)25-7-26-17)13-2-1-9(39-13)5-37-42(33,34)41-12-3-10(6-38-43(35,36)44)40-20(12)31-8-27-15-18(31)28-21(24)29-19(15)32/h4,7-10,12-13,20H,1-3,5-6H2,(H,33,34)(H2,23,25,26)(H2,35,36,44)(H3,24,28,29,32)/t9-,10-,12?,13+,20+/m0/s1. The van der Waals surface area contributed by atoms with E-state index in [2.05, 4.69) is 37.2 Å². The van der Waals surface area contributed by atoms with Gasteiger partial charge < -0.3 is 35.3 Å². The molecule has 0 saturated carbocycles. The summed E-state index contributed by atoms with van der Waals surface area (Å²) in [6.45, 7) is -4.95. The number of nitrogens with zero attached hydrogens (tertiary/aromatic N) is 6. The van der Waals surface area contributed by atoms with Crippen molar-refractivity contribution >= 4 is 60.8 Å². The molecule has 0 amide bonds. The van der Waals surface area contributed by atoms with Gasteiger partial charge in [-0.05, 0) is 12.8 Å². The third kappa shape index (κ3) is 6.38. The molecule has 6 heterocycles. The number of imidazole rings is 1. The van der Waals surface area contributed by atoms with Gasteiger partial charge in [0.15, 0.2) is 28.9 Å². The molecule has 2 saturated heterocycles.